The largest absolute Gasteiger partial charge is 0.357 e. The van der Waals surface area contributed by atoms with Gasteiger partial charge in [0, 0.05) is 32.1 Å². The molecule has 0 bridgehead atoms. The number of hydrogen-bond acceptors (Lipinski definition) is 4. The highest BCUT2D eigenvalue weighted by Crippen LogP contribution is 2.24. The molecule has 0 unspecified atom stereocenters. The Bertz CT molecular complexity index is 605. The molecule has 1 saturated heterocycles. The summed E-state index contributed by atoms with van der Waals surface area (Å²) in [6.07, 6.45) is 7.69. The first-order valence-corrected chi connectivity index (χ1v) is 9.42. The lowest BCUT2D eigenvalue weighted by Crippen LogP contribution is -2.44. The quantitative estimate of drug-likeness (QED) is 0.877. The van der Waals surface area contributed by atoms with Crippen LogP contribution in [0.5, 0.6) is 0 Å². The molecule has 2 heterocycles. The predicted octanol–water partition coefficient (Wildman–Crippen LogP) is 2.11. The van der Waals surface area contributed by atoms with E-state index in [1.165, 1.54) is 19.3 Å². The molecule has 0 atom stereocenters. The van der Waals surface area contributed by atoms with E-state index in [2.05, 4.69) is 20.5 Å². The third-order valence-corrected chi connectivity index (χ3v) is 5.34. The van der Waals surface area contributed by atoms with E-state index in [1.807, 2.05) is 12.1 Å². The Morgan fingerprint density at radius 3 is 2.48 bits per heavy atom. The number of hydrogen-bond donors (Lipinski definition) is 2. The second-order valence-electron chi connectivity index (χ2n) is 7.06. The van der Waals surface area contributed by atoms with Gasteiger partial charge in [0.2, 0.25) is 5.91 Å². The highest BCUT2D eigenvalue weighted by molar-refractivity contribution is 5.92. The fourth-order valence-electron chi connectivity index (χ4n) is 3.79. The van der Waals surface area contributed by atoms with Crippen LogP contribution < -0.4 is 15.5 Å². The molecule has 1 saturated carbocycles. The number of pyridine rings is 1. The number of aromatic nitrogens is 1. The first-order chi connectivity index (χ1) is 12.2. The van der Waals surface area contributed by atoms with Gasteiger partial charge in [0.05, 0.1) is 0 Å². The Hall–Kier alpha value is -2.11. The lowest BCUT2D eigenvalue weighted by molar-refractivity contribution is -0.126. The fraction of sp³-hybridized carbons (Fsp3) is 0.632. The summed E-state index contributed by atoms with van der Waals surface area (Å²) in [6, 6.07) is 5.88. The van der Waals surface area contributed by atoms with Gasteiger partial charge in [-0.1, -0.05) is 25.3 Å². The Kier molecular flexibility index (Phi) is 5.89. The van der Waals surface area contributed by atoms with Gasteiger partial charge in [-0.2, -0.15) is 0 Å². The van der Waals surface area contributed by atoms with Crippen LogP contribution in [0.4, 0.5) is 5.82 Å². The third kappa shape index (κ3) is 4.50. The van der Waals surface area contributed by atoms with Crippen molar-refractivity contribution >= 4 is 17.6 Å². The molecule has 1 aromatic rings. The van der Waals surface area contributed by atoms with Gasteiger partial charge in [-0.15, -0.1) is 0 Å². The van der Waals surface area contributed by atoms with Gasteiger partial charge in [-0.25, -0.2) is 4.98 Å². The molecular formula is C19H28N4O2. The molecule has 25 heavy (non-hydrogen) atoms. The maximum Gasteiger partial charge on any atom is 0.269 e. The topological polar surface area (TPSA) is 74.3 Å². The lowest BCUT2D eigenvalue weighted by atomic mass is 9.92. The molecule has 1 aliphatic carbocycles. The number of anilines is 1. The van der Waals surface area contributed by atoms with Crippen molar-refractivity contribution in [2.75, 3.05) is 25.0 Å². The van der Waals surface area contributed by atoms with Gasteiger partial charge >= 0.3 is 0 Å². The van der Waals surface area contributed by atoms with Crippen LogP contribution in [-0.2, 0) is 4.79 Å². The molecule has 1 aliphatic heterocycles. The number of nitrogens with one attached hydrogen (secondary N) is 2. The van der Waals surface area contributed by atoms with E-state index in [1.54, 1.807) is 13.1 Å². The molecule has 6 nitrogen and oxygen atoms in total. The number of amides is 2. The number of rotatable bonds is 4. The molecule has 0 radical (unpaired) electrons. The number of carbonyl (C=O) groups excluding carboxylic acids is 2. The van der Waals surface area contributed by atoms with Gasteiger partial charge in [-0.3, -0.25) is 9.59 Å². The van der Waals surface area contributed by atoms with E-state index in [9.17, 15) is 9.59 Å². The molecule has 0 aromatic carbocycles. The molecule has 2 fully saturated rings. The molecule has 2 aliphatic rings. The van der Waals surface area contributed by atoms with Gasteiger partial charge in [0.1, 0.15) is 11.5 Å². The van der Waals surface area contributed by atoms with Crippen LogP contribution in [0.1, 0.15) is 55.4 Å². The van der Waals surface area contributed by atoms with Crippen LogP contribution >= 0.6 is 0 Å². The number of carbonyl (C=O) groups is 2. The Morgan fingerprint density at radius 1 is 1.08 bits per heavy atom. The van der Waals surface area contributed by atoms with E-state index >= 15 is 0 Å². The second kappa shape index (κ2) is 8.32. The molecule has 3 rings (SSSR count). The highest BCUT2D eigenvalue weighted by Gasteiger charge is 2.27. The van der Waals surface area contributed by atoms with Gasteiger partial charge in [0.15, 0.2) is 0 Å². The Balaban J connectivity index is 1.53. The summed E-state index contributed by atoms with van der Waals surface area (Å²) in [5.41, 5.74) is 0.428. The van der Waals surface area contributed by atoms with Crippen molar-refractivity contribution in [1.29, 1.82) is 0 Å². The summed E-state index contributed by atoms with van der Waals surface area (Å²) < 4.78 is 0. The van der Waals surface area contributed by atoms with Gasteiger partial charge < -0.3 is 15.5 Å². The van der Waals surface area contributed by atoms with E-state index in [-0.39, 0.29) is 17.7 Å². The molecular weight excluding hydrogens is 316 g/mol. The van der Waals surface area contributed by atoms with Crippen LogP contribution in [0.3, 0.4) is 0 Å². The minimum Gasteiger partial charge on any atom is -0.357 e. The minimum absolute atomic E-state index is 0.0975. The van der Waals surface area contributed by atoms with Crippen molar-refractivity contribution in [3.8, 4) is 0 Å². The summed E-state index contributed by atoms with van der Waals surface area (Å²) in [7, 11) is 1.60. The summed E-state index contributed by atoms with van der Waals surface area (Å²) in [5.74, 6) is 0.953. The molecule has 2 N–H and O–H groups in total. The average Bonchev–Trinajstić information content (AvgIpc) is 2.68. The van der Waals surface area contributed by atoms with Gasteiger partial charge in [-0.05, 0) is 37.8 Å². The Labute approximate surface area is 149 Å². The standard InChI is InChI=1S/C19H28N4O2/c1-20-19(25)16-8-5-9-17(22-16)23-12-10-14(11-13-23)18(24)21-15-6-3-2-4-7-15/h5,8-9,14-15H,2-4,6-7,10-13H2,1H3,(H,20,25)(H,21,24). The van der Waals surface area contributed by atoms with E-state index in [0.717, 1.165) is 44.6 Å². The van der Waals surface area contributed by atoms with Gasteiger partial charge in [0.25, 0.3) is 5.91 Å². The second-order valence-corrected chi connectivity index (χ2v) is 7.06. The number of piperidine rings is 1. The summed E-state index contributed by atoms with van der Waals surface area (Å²) >= 11 is 0. The van der Waals surface area contributed by atoms with Crippen LogP contribution in [-0.4, -0.2) is 43.0 Å². The zero-order chi connectivity index (χ0) is 17.6. The molecule has 6 heteroatoms. The van der Waals surface area contributed by atoms with E-state index in [4.69, 9.17) is 0 Å². The minimum atomic E-state index is -0.177. The summed E-state index contributed by atoms with van der Waals surface area (Å²) in [5, 5.41) is 5.85. The summed E-state index contributed by atoms with van der Waals surface area (Å²) in [6.45, 7) is 1.60. The van der Waals surface area contributed by atoms with Crippen LogP contribution in [0.15, 0.2) is 18.2 Å². The van der Waals surface area contributed by atoms with Crippen molar-refractivity contribution in [3.05, 3.63) is 23.9 Å². The number of nitrogens with zero attached hydrogens (tertiary/aromatic N) is 2. The predicted molar refractivity (Wildman–Crippen MR) is 97.6 cm³/mol. The van der Waals surface area contributed by atoms with Crippen LogP contribution in [0.2, 0.25) is 0 Å². The SMILES string of the molecule is CNC(=O)c1cccc(N2CCC(C(=O)NC3CCCCC3)CC2)n1. The lowest BCUT2D eigenvalue weighted by Gasteiger charge is -2.33. The summed E-state index contributed by atoms with van der Waals surface area (Å²) in [4.78, 5) is 30.8. The van der Waals surface area contributed by atoms with Crippen LogP contribution in [0, 0.1) is 5.92 Å². The molecule has 1 aromatic heterocycles. The van der Waals surface area contributed by atoms with Crippen molar-refractivity contribution in [3.63, 3.8) is 0 Å². The van der Waals surface area contributed by atoms with E-state index in [0.29, 0.717) is 11.7 Å². The monoisotopic (exact) mass is 344 g/mol. The third-order valence-electron chi connectivity index (χ3n) is 5.34. The zero-order valence-corrected chi connectivity index (χ0v) is 15.0. The molecule has 136 valence electrons. The first-order valence-electron chi connectivity index (χ1n) is 9.42. The maximum atomic E-state index is 12.5. The zero-order valence-electron chi connectivity index (χ0n) is 15.0. The first kappa shape index (κ1) is 17.7. The maximum absolute atomic E-state index is 12.5. The Morgan fingerprint density at radius 2 is 1.80 bits per heavy atom. The molecule has 2 amide bonds. The van der Waals surface area contributed by atoms with Crippen molar-refractivity contribution in [2.45, 2.75) is 51.0 Å². The average molecular weight is 344 g/mol. The fourth-order valence-corrected chi connectivity index (χ4v) is 3.79. The smallest absolute Gasteiger partial charge is 0.269 e. The van der Waals surface area contributed by atoms with E-state index < -0.39 is 0 Å². The highest BCUT2D eigenvalue weighted by atomic mass is 16.2. The normalized spacial score (nSPS) is 19.5. The molecule has 0 spiro atoms. The van der Waals surface area contributed by atoms with Crippen molar-refractivity contribution < 1.29 is 9.59 Å². The van der Waals surface area contributed by atoms with Crippen molar-refractivity contribution in [2.24, 2.45) is 5.92 Å². The van der Waals surface area contributed by atoms with Crippen LogP contribution in [0.25, 0.3) is 0 Å². The van der Waals surface area contributed by atoms with Crippen molar-refractivity contribution in [1.82, 2.24) is 15.6 Å².